The zero-order valence-electron chi connectivity index (χ0n) is 9.31. The fraction of sp³-hybridized carbons (Fsp3) is 0.182. The van der Waals surface area contributed by atoms with Crippen LogP contribution in [-0.2, 0) is 0 Å². The minimum absolute atomic E-state index is 0.189. The molecule has 0 atom stereocenters. The molecule has 5 nitrogen and oxygen atoms in total. The molecule has 0 unspecified atom stereocenters. The predicted octanol–water partition coefficient (Wildman–Crippen LogP) is 2.34. The van der Waals surface area contributed by atoms with Crippen LogP contribution in [0.25, 0.3) is 5.82 Å². The van der Waals surface area contributed by atoms with E-state index in [2.05, 4.69) is 26.0 Å². The Morgan fingerprint density at radius 1 is 1.47 bits per heavy atom. The van der Waals surface area contributed by atoms with Crippen molar-refractivity contribution in [3.05, 3.63) is 39.8 Å². The first-order valence-electron chi connectivity index (χ1n) is 4.91. The molecule has 0 aliphatic rings. The topological polar surface area (TPSA) is 68.0 Å². The monoisotopic (exact) mass is 295 g/mol. The van der Waals surface area contributed by atoms with Gasteiger partial charge in [-0.3, -0.25) is 0 Å². The number of pyridine rings is 1. The molecule has 0 aliphatic heterocycles. The van der Waals surface area contributed by atoms with E-state index in [1.807, 2.05) is 13.0 Å². The van der Waals surface area contributed by atoms with Crippen LogP contribution in [0.3, 0.4) is 0 Å². The summed E-state index contributed by atoms with van der Waals surface area (Å²) in [4.78, 5) is 15.1. The highest BCUT2D eigenvalue weighted by Gasteiger charge is 2.14. The van der Waals surface area contributed by atoms with Gasteiger partial charge in [0.25, 0.3) is 0 Å². The quantitative estimate of drug-likeness (QED) is 0.923. The average Bonchev–Trinajstić information content (AvgIpc) is 2.60. The normalized spacial score (nSPS) is 10.5. The standard InChI is InChI=1S/C11H10BrN3O2/c1-6-3-8(12)4-13-10(6)15-5-9(11(16)17)7(2)14-15/h3-5H,1-2H3,(H,16,17). The van der Waals surface area contributed by atoms with E-state index >= 15 is 0 Å². The number of halogens is 1. The number of rotatable bonds is 2. The number of carboxylic acid groups (broad SMARTS) is 1. The Morgan fingerprint density at radius 2 is 2.18 bits per heavy atom. The molecule has 0 saturated carbocycles. The van der Waals surface area contributed by atoms with Crippen LogP contribution in [0, 0.1) is 13.8 Å². The molecule has 17 heavy (non-hydrogen) atoms. The predicted molar refractivity (Wildman–Crippen MR) is 65.5 cm³/mol. The van der Waals surface area contributed by atoms with E-state index in [0.717, 1.165) is 10.0 Å². The van der Waals surface area contributed by atoms with Crippen molar-refractivity contribution in [2.45, 2.75) is 13.8 Å². The fourth-order valence-corrected chi connectivity index (χ4v) is 2.00. The van der Waals surface area contributed by atoms with Gasteiger partial charge in [-0.25, -0.2) is 14.5 Å². The fourth-order valence-electron chi connectivity index (χ4n) is 1.55. The summed E-state index contributed by atoms with van der Waals surface area (Å²) in [5.41, 5.74) is 1.58. The lowest BCUT2D eigenvalue weighted by molar-refractivity contribution is 0.0696. The molecular formula is C11H10BrN3O2. The number of aryl methyl sites for hydroxylation is 2. The summed E-state index contributed by atoms with van der Waals surface area (Å²) in [6.07, 6.45) is 3.13. The summed E-state index contributed by atoms with van der Waals surface area (Å²) < 4.78 is 2.36. The van der Waals surface area contributed by atoms with Gasteiger partial charge in [0.2, 0.25) is 0 Å². The Balaban J connectivity index is 2.53. The maximum Gasteiger partial charge on any atom is 0.339 e. The molecule has 2 rings (SSSR count). The van der Waals surface area contributed by atoms with Crippen molar-refractivity contribution in [3.63, 3.8) is 0 Å². The van der Waals surface area contributed by atoms with Crippen molar-refractivity contribution >= 4 is 21.9 Å². The minimum Gasteiger partial charge on any atom is -0.478 e. The molecule has 0 aliphatic carbocycles. The molecular weight excluding hydrogens is 286 g/mol. The summed E-state index contributed by atoms with van der Waals surface area (Å²) in [6.45, 7) is 3.55. The number of aromatic nitrogens is 3. The zero-order valence-corrected chi connectivity index (χ0v) is 10.9. The van der Waals surface area contributed by atoms with Gasteiger partial charge in [0, 0.05) is 16.9 Å². The Morgan fingerprint density at radius 3 is 2.71 bits per heavy atom. The van der Waals surface area contributed by atoms with Gasteiger partial charge in [-0.1, -0.05) is 0 Å². The van der Waals surface area contributed by atoms with Gasteiger partial charge in [0.1, 0.15) is 5.56 Å². The SMILES string of the molecule is Cc1cc(Br)cnc1-n1cc(C(=O)O)c(C)n1. The Hall–Kier alpha value is -1.69. The lowest BCUT2D eigenvalue weighted by atomic mass is 10.3. The molecule has 0 fully saturated rings. The average molecular weight is 296 g/mol. The number of carboxylic acids is 1. The zero-order chi connectivity index (χ0) is 12.6. The highest BCUT2D eigenvalue weighted by Crippen LogP contribution is 2.17. The first-order chi connectivity index (χ1) is 7.99. The second-order valence-corrected chi connectivity index (χ2v) is 4.59. The van der Waals surface area contributed by atoms with Crippen molar-refractivity contribution in [3.8, 4) is 5.82 Å². The lowest BCUT2D eigenvalue weighted by Gasteiger charge is -2.04. The van der Waals surface area contributed by atoms with Crippen LogP contribution in [0.5, 0.6) is 0 Å². The lowest BCUT2D eigenvalue weighted by Crippen LogP contribution is -2.01. The molecule has 2 aromatic rings. The molecule has 2 aromatic heterocycles. The number of aromatic carboxylic acids is 1. The van der Waals surface area contributed by atoms with E-state index in [9.17, 15) is 4.79 Å². The van der Waals surface area contributed by atoms with Crippen LogP contribution in [0.2, 0.25) is 0 Å². The van der Waals surface area contributed by atoms with E-state index in [0.29, 0.717) is 11.5 Å². The molecule has 6 heteroatoms. The second-order valence-electron chi connectivity index (χ2n) is 3.67. The molecule has 2 heterocycles. The van der Waals surface area contributed by atoms with E-state index < -0.39 is 5.97 Å². The molecule has 1 N–H and O–H groups in total. The molecule has 0 bridgehead atoms. The Kier molecular flexibility index (Phi) is 2.97. The largest absolute Gasteiger partial charge is 0.478 e. The Labute approximate surface area is 106 Å². The van der Waals surface area contributed by atoms with Gasteiger partial charge in [-0.05, 0) is 41.4 Å². The highest BCUT2D eigenvalue weighted by molar-refractivity contribution is 9.10. The van der Waals surface area contributed by atoms with Crippen LogP contribution >= 0.6 is 15.9 Å². The van der Waals surface area contributed by atoms with Crippen LogP contribution < -0.4 is 0 Å². The van der Waals surface area contributed by atoms with Crippen LogP contribution in [0.15, 0.2) is 22.9 Å². The van der Waals surface area contributed by atoms with E-state index in [1.54, 1.807) is 13.1 Å². The first-order valence-corrected chi connectivity index (χ1v) is 5.70. The van der Waals surface area contributed by atoms with E-state index in [-0.39, 0.29) is 5.56 Å². The first kappa shape index (κ1) is 11.8. The van der Waals surface area contributed by atoms with Crippen molar-refractivity contribution in [2.24, 2.45) is 0 Å². The van der Waals surface area contributed by atoms with Crippen LogP contribution in [-0.4, -0.2) is 25.8 Å². The third-order valence-corrected chi connectivity index (χ3v) is 2.80. The second kappa shape index (κ2) is 4.29. The Bertz CT molecular complexity index is 592. The third-order valence-electron chi connectivity index (χ3n) is 2.36. The number of carbonyl (C=O) groups is 1. The van der Waals surface area contributed by atoms with Crippen molar-refractivity contribution in [1.29, 1.82) is 0 Å². The van der Waals surface area contributed by atoms with E-state index in [4.69, 9.17) is 5.11 Å². The smallest absolute Gasteiger partial charge is 0.339 e. The molecule has 0 saturated heterocycles. The maximum absolute atomic E-state index is 10.9. The molecule has 0 radical (unpaired) electrons. The summed E-state index contributed by atoms with van der Waals surface area (Å²) >= 11 is 3.33. The van der Waals surface area contributed by atoms with Gasteiger partial charge in [-0.2, -0.15) is 5.10 Å². The number of hydrogen-bond acceptors (Lipinski definition) is 3. The van der Waals surface area contributed by atoms with Gasteiger partial charge < -0.3 is 5.11 Å². The van der Waals surface area contributed by atoms with Gasteiger partial charge in [-0.15, -0.1) is 0 Å². The van der Waals surface area contributed by atoms with Crippen molar-refractivity contribution in [1.82, 2.24) is 14.8 Å². The molecule has 88 valence electrons. The minimum atomic E-state index is -0.983. The number of nitrogens with zero attached hydrogens (tertiary/aromatic N) is 3. The summed E-state index contributed by atoms with van der Waals surface area (Å²) in [7, 11) is 0. The van der Waals surface area contributed by atoms with Gasteiger partial charge in [0.05, 0.1) is 5.69 Å². The summed E-state index contributed by atoms with van der Waals surface area (Å²) in [5, 5.41) is 13.1. The van der Waals surface area contributed by atoms with Crippen LogP contribution in [0.4, 0.5) is 0 Å². The van der Waals surface area contributed by atoms with Crippen LogP contribution in [0.1, 0.15) is 21.6 Å². The number of hydrogen-bond donors (Lipinski definition) is 1. The van der Waals surface area contributed by atoms with Gasteiger partial charge >= 0.3 is 5.97 Å². The summed E-state index contributed by atoms with van der Waals surface area (Å²) in [5.74, 6) is -0.354. The summed E-state index contributed by atoms with van der Waals surface area (Å²) in [6, 6.07) is 1.90. The molecule has 0 spiro atoms. The van der Waals surface area contributed by atoms with E-state index in [1.165, 1.54) is 10.9 Å². The maximum atomic E-state index is 10.9. The van der Waals surface area contributed by atoms with Crippen molar-refractivity contribution in [2.75, 3.05) is 0 Å². The molecule has 0 amide bonds. The van der Waals surface area contributed by atoms with Gasteiger partial charge in [0.15, 0.2) is 5.82 Å². The molecule has 0 aromatic carbocycles. The van der Waals surface area contributed by atoms with Crippen molar-refractivity contribution < 1.29 is 9.90 Å². The third kappa shape index (κ3) is 2.21. The highest BCUT2D eigenvalue weighted by atomic mass is 79.9.